The van der Waals surface area contributed by atoms with Gasteiger partial charge in [-0.2, -0.15) is 0 Å². The van der Waals surface area contributed by atoms with Crippen molar-refractivity contribution >= 4 is 17.6 Å². The van der Waals surface area contributed by atoms with Crippen LogP contribution in [-0.2, 0) is 17.8 Å². The summed E-state index contributed by atoms with van der Waals surface area (Å²) in [7, 11) is 0. The topological polar surface area (TPSA) is 46.5 Å². The molecule has 30 heavy (non-hydrogen) atoms. The maximum atomic E-state index is 11.7. The summed E-state index contributed by atoms with van der Waals surface area (Å²) in [5.41, 5.74) is 5.30. The molecule has 0 spiro atoms. The number of hydrogen-bond donors (Lipinski definition) is 1. The Hall–Kier alpha value is -2.62. The highest BCUT2D eigenvalue weighted by Gasteiger charge is 2.14. The number of unbranched alkanes of at least 4 members (excludes halogenated alkanes) is 2. The Morgan fingerprint density at radius 3 is 2.50 bits per heavy atom. The quantitative estimate of drug-likeness (QED) is 0.360. The van der Waals surface area contributed by atoms with Crippen molar-refractivity contribution in [2.45, 2.75) is 39.2 Å². The Balaban J connectivity index is 1.50. The first-order chi connectivity index (χ1) is 14.5. The van der Waals surface area contributed by atoms with Crippen LogP contribution >= 0.6 is 11.6 Å². The van der Waals surface area contributed by atoms with Gasteiger partial charge in [-0.15, -0.1) is 0 Å². The van der Waals surface area contributed by atoms with Gasteiger partial charge in [0.1, 0.15) is 0 Å². The van der Waals surface area contributed by atoms with Gasteiger partial charge in [0.2, 0.25) is 0 Å². The van der Waals surface area contributed by atoms with Gasteiger partial charge < -0.3 is 9.84 Å². The summed E-state index contributed by atoms with van der Waals surface area (Å²) >= 11 is 6.02. The summed E-state index contributed by atoms with van der Waals surface area (Å²) < 4.78 is 5.84. The normalized spacial score (nSPS) is 10.9. The highest BCUT2D eigenvalue weighted by Crippen LogP contribution is 2.28. The van der Waals surface area contributed by atoms with Crippen LogP contribution in [0.4, 0.5) is 0 Å². The van der Waals surface area contributed by atoms with Crippen LogP contribution in [0.1, 0.15) is 46.3 Å². The molecule has 0 saturated carbocycles. The summed E-state index contributed by atoms with van der Waals surface area (Å²) in [6, 6.07) is 21.3. The lowest BCUT2D eigenvalue weighted by molar-refractivity contribution is 0.0697. The second-order valence-electron chi connectivity index (χ2n) is 7.49. The molecule has 0 fully saturated rings. The molecule has 0 saturated heterocycles. The molecule has 3 rings (SSSR count). The number of halogens is 1. The molecule has 3 aromatic carbocycles. The summed E-state index contributed by atoms with van der Waals surface area (Å²) in [6.45, 7) is 3.16. The van der Waals surface area contributed by atoms with Crippen molar-refractivity contribution in [1.29, 1.82) is 0 Å². The van der Waals surface area contributed by atoms with Gasteiger partial charge in [-0.1, -0.05) is 60.5 Å². The standard InChI is InChI=1S/C26H27ClO3/c1-19-8-4-5-12-23(19)25-17-21(13-14-24(25)26(28)29)18-30-15-6-2-3-9-20-10-7-11-22(27)16-20/h4-5,7-8,10-14,16-17H,2-3,6,9,15,18H2,1H3,(H,28,29). The highest BCUT2D eigenvalue weighted by atomic mass is 35.5. The van der Waals surface area contributed by atoms with E-state index in [-0.39, 0.29) is 0 Å². The Labute approximate surface area is 183 Å². The third-order valence-corrected chi connectivity index (χ3v) is 5.40. The van der Waals surface area contributed by atoms with E-state index < -0.39 is 5.97 Å². The van der Waals surface area contributed by atoms with E-state index in [2.05, 4.69) is 6.07 Å². The molecule has 0 amide bonds. The molecule has 0 radical (unpaired) electrons. The molecule has 156 valence electrons. The van der Waals surface area contributed by atoms with E-state index in [0.717, 1.165) is 53.0 Å². The molecule has 0 heterocycles. The van der Waals surface area contributed by atoms with Crippen LogP contribution < -0.4 is 0 Å². The third kappa shape index (κ3) is 6.19. The van der Waals surface area contributed by atoms with E-state index in [9.17, 15) is 9.90 Å². The van der Waals surface area contributed by atoms with Gasteiger partial charge in [0, 0.05) is 11.6 Å². The van der Waals surface area contributed by atoms with Gasteiger partial charge in [-0.3, -0.25) is 0 Å². The Morgan fingerprint density at radius 1 is 0.900 bits per heavy atom. The first-order valence-electron chi connectivity index (χ1n) is 10.3. The Kier molecular flexibility index (Phi) is 8.06. The minimum absolute atomic E-state index is 0.314. The average Bonchev–Trinajstić information content (AvgIpc) is 2.73. The van der Waals surface area contributed by atoms with Crippen LogP contribution in [0.25, 0.3) is 11.1 Å². The van der Waals surface area contributed by atoms with Gasteiger partial charge in [-0.25, -0.2) is 4.79 Å². The Bertz CT molecular complexity index is 997. The predicted molar refractivity (Wildman–Crippen MR) is 122 cm³/mol. The number of carbonyl (C=O) groups is 1. The van der Waals surface area contributed by atoms with E-state index in [1.165, 1.54) is 5.56 Å². The summed E-state index contributed by atoms with van der Waals surface area (Å²) in [4.78, 5) is 11.7. The molecular weight excluding hydrogens is 396 g/mol. The van der Waals surface area contributed by atoms with Crippen molar-refractivity contribution in [1.82, 2.24) is 0 Å². The highest BCUT2D eigenvalue weighted by molar-refractivity contribution is 6.30. The average molecular weight is 423 g/mol. The van der Waals surface area contributed by atoms with Crippen LogP contribution in [0.15, 0.2) is 66.7 Å². The minimum atomic E-state index is -0.916. The van der Waals surface area contributed by atoms with E-state index in [1.54, 1.807) is 6.07 Å². The summed E-state index contributed by atoms with van der Waals surface area (Å²) in [6.07, 6.45) is 4.22. The maximum absolute atomic E-state index is 11.7. The molecule has 0 aliphatic rings. The van der Waals surface area contributed by atoms with E-state index in [0.29, 0.717) is 18.8 Å². The molecule has 0 bridgehead atoms. The van der Waals surface area contributed by atoms with Crippen LogP contribution in [0.5, 0.6) is 0 Å². The lowest BCUT2D eigenvalue weighted by atomic mass is 9.94. The van der Waals surface area contributed by atoms with Crippen molar-refractivity contribution in [3.8, 4) is 11.1 Å². The minimum Gasteiger partial charge on any atom is -0.478 e. The van der Waals surface area contributed by atoms with Crippen molar-refractivity contribution in [3.05, 3.63) is 94.0 Å². The van der Waals surface area contributed by atoms with Gasteiger partial charge >= 0.3 is 5.97 Å². The molecule has 3 nitrogen and oxygen atoms in total. The SMILES string of the molecule is Cc1ccccc1-c1cc(COCCCCCc2cccc(Cl)c2)ccc1C(=O)O. The van der Waals surface area contributed by atoms with Gasteiger partial charge in [0.25, 0.3) is 0 Å². The fourth-order valence-electron chi connectivity index (χ4n) is 3.56. The summed E-state index contributed by atoms with van der Waals surface area (Å²) in [5, 5.41) is 10.4. The molecule has 0 unspecified atom stereocenters. The number of ether oxygens (including phenoxy) is 1. The number of aryl methyl sites for hydroxylation is 2. The van der Waals surface area contributed by atoms with Crippen LogP contribution in [-0.4, -0.2) is 17.7 Å². The summed E-state index contributed by atoms with van der Waals surface area (Å²) in [5.74, 6) is -0.916. The van der Waals surface area contributed by atoms with Crippen LogP contribution in [0.2, 0.25) is 5.02 Å². The number of hydrogen-bond acceptors (Lipinski definition) is 2. The van der Waals surface area contributed by atoms with Gasteiger partial charge in [0.05, 0.1) is 12.2 Å². The first-order valence-corrected chi connectivity index (χ1v) is 10.7. The number of benzene rings is 3. The Morgan fingerprint density at radius 2 is 1.73 bits per heavy atom. The lowest BCUT2D eigenvalue weighted by Crippen LogP contribution is -2.03. The van der Waals surface area contributed by atoms with E-state index in [1.807, 2.05) is 61.5 Å². The molecule has 3 aromatic rings. The van der Waals surface area contributed by atoms with E-state index in [4.69, 9.17) is 16.3 Å². The lowest BCUT2D eigenvalue weighted by Gasteiger charge is -2.12. The monoisotopic (exact) mass is 422 g/mol. The fraction of sp³-hybridized carbons (Fsp3) is 0.269. The number of carboxylic acid groups (broad SMARTS) is 1. The zero-order valence-corrected chi connectivity index (χ0v) is 18.0. The molecule has 0 aliphatic heterocycles. The second kappa shape index (κ2) is 11.0. The molecular formula is C26H27ClO3. The fourth-order valence-corrected chi connectivity index (χ4v) is 3.77. The van der Waals surface area contributed by atoms with Crippen molar-refractivity contribution in [3.63, 3.8) is 0 Å². The van der Waals surface area contributed by atoms with Crippen molar-refractivity contribution in [2.75, 3.05) is 6.61 Å². The van der Waals surface area contributed by atoms with Crippen LogP contribution in [0, 0.1) is 6.92 Å². The van der Waals surface area contributed by atoms with Gasteiger partial charge in [0.15, 0.2) is 0 Å². The maximum Gasteiger partial charge on any atom is 0.336 e. The van der Waals surface area contributed by atoms with Crippen molar-refractivity contribution < 1.29 is 14.6 Å². The predicted octanol–water partition coefficient (Wildman–Crippen LogP) is 6.94. The first kappa shape index (κ1) is 22.1. The zero-order chi connectivity index (χ0) is 21.3. The number of carboxylic acids is 1. The van der Waals surface area contributed by atoms with Crippen LogP contribution in [0.3, 0.4) is 0 Å². The second-order valence-corrected chi connectivity index (χ2v) is 7.93. The largest absolute Gasteiger partial charge is 0.478 e. The molecule has 0 aliphatic carbocycles. The number of aromatic carboxylic acids is 1. The van der Waals surface area contributed by atoms with E-state index >= 15 is 0 Å². The molecule has 0 atom stereocenters. The van der Waals surface area contributed by atoms with Gasteiger partial charge in [-0.05, 0) is 78.3 Å². The van der Waals surface area contributed by atoms with Crippen molar-refractivity contribution in [2.24, 2.45) is 0 Å². The third-order valence-electron chi connectivity index (χ3n) is 5.16. The number of rotatable bonds is 10. The zero-order valence-electron chi connectivity index (χ0n) is 17.2. The molecule has 0 aromatic heterocycles. The molecule has 1 N–H and O–H groups in total. The smallest absolute Gasteiger partial charge is 0.336 e. The molecule has 4 heteroatoms.